The molecule has 0 saturated heterocycles. The number of halogens is 1. The molecule has 0 radical (unpaired) electrons. The third-order valence-corrected chi connectivity index (χ3v) is 3.27. The summed E-state index contributed by atoms with van der Waals surface area (Å²) in [4.78, 5) is 24.1. The molecule has 0 bridgehead atoms. The van der Waals surface area contributed by atoms with E-state index in [-0.39, 0.29) is 19.0 Å². The zero-order valence-electron chi connectivity index (χ0n) is 11.7. The quantitative estimate of drug-likeness (QED) is 0.915. The van der Waals surface area contributed by atoms with Crippen LogP contribution in [0.2, 0.25) is 5.02 Å². The highest BCUT2D eigenvalue weighted by atomic mass is 35.5. The van der Waals surface area contributed by atoms with Crippen molar-refractivity contribution in [3.8, 4) is 0 Å². The van der Waals surface area contributed by atoms with Crippen LogP contribution in [0.3, 0.4) is 0 Å². The number of nitrogens with one attached hydrogen (secondary N) is 1. The van der Waals surface area contributed by atoms with Crippen LogP contribution >= 0.6 is 11.6 Å². The lowest BCUT2D eigenvalue weighted by Crippen LogP contribution is -2.45. The van der Waals surface area contributed by atoms with E-state index < -0.39 is 6.09 Å². The number of carboxylic acid groups (broad SMARTS) is 1. The summed E-state index contributed by atoms with van der Waals surface area (Å²) in [6, 6.07) is 15.1. The first-order chi connectivity index (χ1) is 10.6. The summed E-state index contributed by atoms with van der Waals surface area (Å²) >= 11 is 5.77. The van der Waals surface area contributed by atoms with Crippen molar-refractivity contribution in [2.24, 2.45) is 0 Å². The summed E-state index contributed by atoms with van der Waals surface area (Å²) in [6.07, 6.45) is -1.34. The van der Waals surface area contributed by atoms with Crippen LogP contribution in [0.25, 0.3) is 0 Å². The topological polar surface area (TPSA) is 72.5 Å². The van der Waals surface area contributed by atoms with Crippen molar-refractivity contribution in [3.63, 3.8) is 0 Å². The minimum Gasteiger partial charge on any atom is -0.530 e. The zero-order valence-corrected chi connectivity index (χ0v) is 12.4. The summed E-state index contributed by atoms with van der Waals surface area (Å²) in [5, 5.41) is 14.4. The summed E-state index contributed by atoms with van der Waals surface area (Å²) in [7, 11) is 0. The van der Waals surface area contributed by atoms with Gasteiger partial charge in [0.05, 0.1) is 0 Å². The van der Waals surface area contributed by atoms with Crippen LogP contribution in [0, 0.1) is 0 Å². The van der Waals surface area contributed by atoms with E-state index in [1.807, 2.05) is 6.07 Å². The smallest absolute Gasteiger partial charge is 0.251 e. The average molecular weight is 318 g/mol. The fraction of sp³-hybridized carbons (Fsp3) is 0.125. The van der Waals surface area contributed by atoms with E-state index in [1.165, 1.54) is 0 Å². The van der Waals surface area contributed by atoms with Gasteiger partial charge >= 0.3 is 0 Å². The van der Waals surface area contributed by atoms with Crippen molar-refractivity contribution in [2.45, 2.75) is 0 Å². The molecular weight excluding hydrogens is 304 g/mol. The molecule has 0 spiro atoms. The highest BCUT2D eigenvalue weighted by Crippen LogP contribution is 2.17. The molecule has 5 nitrogen and oxygen atoms in total. The highest BCUT2D eigenvalue weighted by Gasteiger charge is 2.09. The maximum atomic E-state index is 11.9. The Labute approximate surface area is 133 Å². The minimum absolute atomic E-state index is 0.0859. The molecule has 6 heteroatoms. The molecule has 2 aromatic rings. The Kier molecular flexibility index (Phi) is 5.38. The number of hydrogen-bond acceptors (Lipinski definition) is 3. The third-order valence-electron chi connectivity index (χ3n) is 3.02. The van der Waals surface area contributed by atoms with E-state index in [0.717, 1.165) is 4.90 Å². The van der Waals surface area contributed by atoms with E-state index in [9.17, 15) is 14.7 Å². The summed E-state index contributed by atoms with van der Waals surface area (Å²) < 4.78 is 0. The van der Waals surface area contributed by atoms with Crippen molar-refractivity contribution < 1.29 is 14.7 Å². The van der Waals surface area contributed by atoms with Crippen molar-refractivity contribution in [1.29, 1.82) is 0 Å². The predicted molar refractivity (Wildman–Crippen MR) is 83.0 cm³/mol. The Morgan fingerprint density at radius 1 is 1.05 bits per heavy atom. The Morgan fingerprint density at radius 3 is 2.27 bits per heavy atom. The molecule has 2 aromatic carbocycles. The van der Waals surface area contributed by atoms with Crippen LogP contribution in [0.5, 0.6) is 0 Å². The molecule has 1 N–H and O–H groups in total. The number of nitrogens with zero attached hydrogens (tertiary/aromatic N) is 1. The maximum absolute atomic E-state index is 11.9. The molecule has 0 unspecified atom stereocenters. The third kappa shape index (κ3) is 4.23. The second-order valence-corrected chi connectivity index (χ2v) is 4.95. The Bertz CT molecular complexity index is 644. The number of benzene rings is 2. The number of rotatable bonds is 5. The van der Waals surface area contributed by atoms with Gasteiger partial charge in [-0.2, -0.15) is 0 Å². The first kappa shape index (κ1) is 15.9. The second kappa shape index (κ2) is 7.47. The maximum Gasteiger partial charge on any atom is 0.251 e. The molecule has 0 aliphatic rings. The molecule has 0 heterocycles. The van der Waals surface area contributed by atoms with Gasteiger partial charge in [-0.1, -0.05) is 29.8 Å². The van der Waals surface area contributed by atoms with Gasteiger partial charge in [-0.3, -0.25) is 4.79 Å². The number of anilines is 1. The summed E-state index contributed by atoms with van der Waals surface area (Å²) in [5.74, 6) is -0.255. The van der Waals surface area contributed by atoms with Crippen molar-refractivity contribution in [1.82, 2.24) is 5.32 Å². The molecular formula is C16H14ClN2O3-. The van der Waals surface area contributed by atoms with Gasteiger partial charge in [0, 0.05) is 29.4 Å². The summed E-state index contributed by atoms with van der Waals surface area (Å²) in [6.45, 7) is 0.257. The molecule has 2 rings (SSSR count). The van der Waals surface area contributed by atoms with Crippen LogP contribution in [0.1, 0.15) is 10.4 Å². The first-order valence-electron chi connectivity index (χ1n) is 6.65. The zero-order chi connectivity index (χ0) is 15.9. The molecule has 0 saturated carbocycles. The lowest BCUT2D eigenvalue weighted by molar-refractivity contribution is -0.246. The van der Waals surface area contributed by atoms with E-state index in [0.29, 0.717) is 16.3 Å². The second-order valence-electron chi connectivity index (χ2n) is 4.52. The highest BCUT2D eigenvalue weighted by molar-refractivity contribution is 6.30. The molecule has 0 aliphatic heterocycles. The Balaban J connectivity index is 1.94. The van der Waals surface area contributed by atoms with Crippen molar-refractivity contribution >= 4 is 29.3 Å². The normalized spacial score (nSPS) is 10.0. The van der Waals surface area contributed by atoms with E-state index in [4.69, 9.17) is 11.6 Å². The van der Waals surface area contributed by atoms with Crippen LogP contribution in [0.15, 0.2) is 54.6 Å². The average Bonchev–Trinajstić information content (AvgIpc) is 2.53. The predicted octanol–water partition coefficient (Wildman–Crippen LogP) is 1.92. The molecule has 0 atom stereocenters. The molecule has 0 aliphatic carbocycles. The van der Waals surface area contributed by atoms with Gasteiger partial charge in [0.15, 0.2) is 0 Å². The van der Waals surface area contributed by atoms with E-state index in [2.05, 4.69) is 5.32 Å². The monoisotopic (exact) mass is 317 g/mol. The molecule has 114 valence electrons. The lowest BCUT2D eigenvalue weighted by Gasteiger charge is -2.25. The van der Waals surface area contributed by atoms with Crippen LogP contribution in [-0.4, -0.2) is 25.1 Å². The number of carbonyl (C=O) groups is 2. The largest absolute Gasteiger partial charge is 0.530 e. The number of hydrogen-bond donors (Lipinski definition) is 1. The lowest BCUT2D eigenvalue weighted by atomic mass is 10.2. The van der Waals surface area contributed by atoms with E-state index in [1.54, 1.807) is 48.5 Å². The standard InChI is InChI=1S/C16H15ClN2O3/c17-13-6-8-14(9-7-13)19(16(21)22)11-10-18-15(20)12-4-2-1-3-5-12/h1-9H,10-11H2,(H,18,20)(H,21,22)/p-1. The Morgan fingerprint density at radius 2 is 1.68 bits per heavy atom. The van der Waals surface area contributed by atoms with Gasteiger partial charge in [-0.05, 0) is 36.4 Å². The first-order valence-corrected chi connectivity index (χ1v) is 7.03. The molecule has 2 amide bonds. The molecule has 0 aromatic heterocycles. The van der Waals surface area contributed by atoms with Crippen molar-refractivity contribution in [3.05, 3.63) is 65.2 Å². The summed E-state index contributed by atoms with van der Waals surface area (Å²) in [5.41, 5.74) is 0.965. The number of carbonyl (C=O) groups excluding carboxylic acids is 2. The van der Waals surface area contributed by atoms with Gasteiger partial charge in [-0.25, -0.2) is 0 Å². The van der Waals surface area contributed by atoms with E-state index >= 15 is 0 Å². The van der Waals surface area contributed by atoms with Crippen LogP contribution < -0.4 is 15.3 Å². The van der Waals surface area contributed by atoms with Crippen LogP contribution in [-0.2, 0) is 0 Å². The van der Waals surface area contributed by atoms with Gasteiger partial charge < -0.3 is 20.1 Å². The van der Waals surface area contributed by atoms with Gasteiger partial charge in [-0.15, -0.1) is 0 Å². The number of amides is 2. The Hall–Kier alpha value is -2.53. The fourth-order valence-electron chi connectivity index (χ4n) is 1.92. The van der Waals surface area contributed by atoms with Crippen molar-refractivity contribution in [2.75, 3.05) is 18.0 Å². The van der Waals surface area contributed by atoms with Gasteiger partial charge in [0.2, 0.25) is 0 Å². The minimum atomic E-state index is -1.34. The SMILES string of the molecule is O=C(NCCN(C(=O)[O-])c1ccc(Cl)cc1)c1ccccc1. The van der Waals surface area contributed by atoms with Crippen LogP contribution in [0.4, 0.5) is 10.5 Å². The van der Waals surface area contributed by atoms with Gasteiger partial charge in [0.25, 0.3) is 5.91 Å². The van der Waals surface area contributed by atoms with Gasteiger partial charge in [0.1, 0.15) is 6.09 Å². The molecule has 0 fully saturated rings. The molecule has 22 heavy (non-hydrogen) atoms. The fourth-order valence-corrected chi connectivity index (χ4v) is 2.05.